The van der Waals surface area contributed by atoms with Gasteiger partial charge in [-0.05, 0) is 44.2 Å². The van der Waals surface area contributed by atoms with Crippen LogP contribution in [0.1, 0.15) is 34.6 Å². The lowest BCUT2D eigenvalue weighted by Crippen LogP contribution is -2.31. The first-order valence-electron chi connectivity index (χ1n) is 9.47. The molecule has 2 aromatic carbocycles. The molecule has 0 atom stereocenters. The van der Waals surface area contributed by atoms with Crippen molar-refractivity contribution >= 4 is 17.6 Å². The molecule has 29 heavy (non-hydrogen) atoms. The smallest absolute Gasteiger partial charge is 0.259 e. The summed E-state index contributed by atoms with van der Waals surface area (Å²) < 4.78 is 6.76. The van der Waals surface area contributed by atoms with E-state index in [-0.39, 0.29) is 11.8 Å². The lowest BCUT2D eigenvalue weighted by molar-refractivity contribution is 0.0774. The lowest BCUT2D eigenvalue weighted by atomic mass is 10.2. The molecule has 0 bridgehead atoms. The van der Waals surface area contributed by atoms with Crippen LogP contribution in [0.2, 0.25) is 0 Å². The number of amides is 2. The van der Waals surface area contributed by atoms with Gasteiger partial charge in [0.15, 0.2) is 0 Å². The Morgan fingerprint density at radius 2 is 1.79 bits per heavy atom. The number of anilines is 1. The van der Waals surface area contributed by atoms with Crippen molar-refractivity contribution in [3.05, 3.63) is 71.9 Å². The van der Waals surface area contributed by atoms with Crippen molar-refractivity contribution < 1.29 is 14.3 Å². The maximum absolute atomic E-state index is 13.0. The first-order valence-corrected chi connectivity index (χ1v) is 9.47. The Hall–Kier alpha value is -3.61. The maximum atomic E-state index is 13.0. The molecule has 0 unspecified atom stereocenters. The summed E-state index contributed by atoms with van der Waals surface area (Å²) in [6.45, 7) is 4.96. The van der Waals surface area contributed by atoms with Gasteiger partial charge in [0.05, 0.1) is 19.0 Å². The van der Waals surface area contributed by atoms with Crippen molar-refractivity contribution in [1.82, 2.24) is 14.7 Å². The van der Waals surface area contributed by atoms with Gasteiger partial charge in [0.25, 0.3) is 11.8 Å². The van der Waals surface area contributed by atoms with Gasteiger partial charge in [0, 0.05) is 18.7 Å². The number of carbonyl (C=O) groups excluding carboxylic acids is 2. The average Bonchev–Trinajstić information content (AvgIpc) is 3.18. The third kappa shape index (κ3) is 4.29. The minimum Gasteiger partial charge on any atom is -0.497 e. The predicted octanol–water partition coefficient (Wildman–Crippen LogP) is 3.62. The third-order valence-electron chi connectivity index (χ3n) is 4.61. The van der Waals surface area contributed by atoms with E-state index in [1.165, 1.54) is 6.20 Å². The second-order valence-corrected chi connectivity index (χ2v) is 6.32. The molecule has 3 aromatic rings. The van der Waals surface area contributed by atoms with Crippen molar-refractivity contribution in [2.24, 2.45) is 0 Å². The maximum Gasteiger partial charge on any atom is 0.259 e. The number of nitrogens with zero attached hydrogens (tertiary/aromatic N) is 3. The van der Waals surface area contributed by atoms with Crippen LogP contribution in [0.4, 0.5) is 5.82 Å². The molecule has 0 radical (unpaired) electrons. The van der Waals surface area contributed by atoms with Crippen molar-refractivity contribution in [2.75, 3.05) is 25.5 Å². The fourth-order valence-electron chi connectivity index (χ4n) is 3.02. The van der Waals surface area contributed by atoms with Crippen LogP contribution in [0.3, 0.4) is 0 Å². The predicted molar refractivity (Wildman–Crippen MR) is 112 cm³/mol. The minimum absolute atomic E-state index is 0.182. The van der Waals surface area contributed by atoms with E-state index >= 15 is 0 Å². The van der Waals surface area contributed by atoms with E-state index in [1.807, 2.05) is 44.2 Å². The van der Waals surface area contributed by atoms with E-state index in [0.717, 1.165) is 5.69 Å². The molecule has 1 aromatic heterocycles. The number of methoxy groups -OCH3 is 1. The van der Waals surface area contributed by atoms with Gasteiger partial charge in [-0.15, -0.1) is 0 Å². The fourth-order valence-corrected chi connectivity index (χ4v) is 3.02. The number of hydrogen-bond donors (Lipinski definition) is 1. The second kappa shape index (κ2) is 9.05. The number of aromatic nitrogens is 2. The zero-order valence-corrected chi connectivity index (χ0v) is 16.8. The van der Waals surface area contributed by atoms with Crippen molar-refractivity contribution in [2.45, 2.75) is 13.8 Å². The molecule has 0 aliphatic carbocycles. The highest BCUT2D eigenvalue weighted by atomic mass is 16.5. The Morgan fingerprint density at radius 1 is 1.07 bits per heavy atom. The SMILES string of the molecule is CCN(CC)C(=O)c1cnn(-c2ccccc2)c1NC(=O)c1cccc(OC)c1. The molecule has 0 fully saturated rings. The Balaban J connectivity index is 2.03. The summed E-state index contributed by atoms with van der Waals surface area (Å²) in [5.74, 6) is 0.378. The van der Waals surface area contributed by atoms with E-state index in [4.69, 9.17) is 4.74 Å². The number of para-hydroxylation sites is 1. The molecule has 7 heteroatoms. The van der Waals surface area contributed by atoms with Crippen LogP contribution in [0.5, 0.6) is 5.75 Å². The Kier molecular flexibility index (Phi) is 6.29. The van der Waals surface area contributed by atoms with Crippen molar-refractivity contribution in [3.63, 3.8) is 0 Å². The highest BCUT2D eigenvalue weighted by Crippen LogP contribution is 2.23. The monoisotopic (exact) mass is 392 g/mol. The average molecular weight is 392 g/mol. The molecule has 0 aliphatic heterocycles. The fraction of sp³-hybridized carbons (Fsp3) is 0.227. The minimum atomic E-state index is -0.352. The Bertz CT molecular complexity index is 994. The van der Waals surface area contributed by atoms with E-state index < -0.39 is 0 Å². The van der Waals surface area contributed by atoms with Crippen molar-refractivity contribution in [1.29, 1.82) is 0 Å². The van der Waals surface area contributed by atoms with Crippen LogP contribution >= 0.6 is 0 Å². The van der Waals surface area contributed by atoms with E-state index in [1.54, 1.807) is 41.0 Å². The zero-order chi connectivity index (χ0) is 20.8. The van der Waals surface area contributed by atoms with E-state index in [9.17, 15) is 9.59 Å². The third-order valence-corrected chi connectivity index (χ3v) is 4.61. The second-order valence-electron chi connectivity index (χ2n) is 6.32. The normalized spacial score (nSPS) is 10.4. The topological polar surface area (TPSA) is 76.5 Å². The van der Waals surface area contributed by atoms with E-state index in [0.29, 0.717) is 35.8 Å². The first kappa shape index (κ1) is 20.1. The van der Waals surface area contributed by atoms with Crippen LogP contribution in [0.25, 0.3) is 5.69 Å². The lowest BCUT2D eigenvalue weighted by Gasteiger charge is -2.19. The summed E-state index contributed by atoms with van der Waals surface area (Å²) in [7, 11) is 1.54. The highest BCUT2D eigenvalue weighted by Gasteiger charge is 2.24. The Morgan fingerprint density at radius 3 is 2.45 bits per heavy atom. The first-order chi connectivity index (χ1) is 14.1. The largest absolute Gasteiger partial charge is 0.497 e. The van der Waals surface area contributed by atoms with Crippen LogP contribution in [-0.4, -0.2) is 46.7 Å². The summed E-state index contributed by atoms with van der Waals surface area (Å²) in [5.41, 5.74) is 1.51. The quantitative estimate of drug-likeness (QED) is 0.666. The highest BCUT2D eigenvalue weighted by molar-refractivity contribution is 6.08. The number of nitrogens with one attached hydrogen (secondary N) is 1. The molecular weight excluding hydrogens is 368 g/mol. The summed E-state index contributed by atoms with van der Waals surface area (Å²) in [4.78, 5) is 27.6. The summed E-state index contributed by atoms with van der Waals surface area (Å²) in [6.07, 6.45) is 1.49. The van der Waals surface area contributed by atoms with Gasteiger partial charge < -0.3 is 15.0 Å². The molecule has 150 valence electrons. The standard InChI is InChI=1S/C22H24N4O3/c1-4-25(5-2)22(28)19-15-23-26(17-11-7-6-8-12-17)20(19)24-21(27)16-10-9-13-18(14-16)29-3/h6-15H,4-5H2,1-3H3,(H,24,27). The van der Waals surface area contributed by atoms with Crippen molar-refractivity contribution in [3.8, 4) is 11.4 Å². The summed E-state index contributed by atoms with van der Waals surface area (Å²) in [6, 6.07) is 16.2. The molecule has 3 rings (SSSR count). The number of rotatable bonds is 7. The molecule has 0 saturated heterocycles. The van der Waals surface area contributed by atoms with Gasteiger partial charge in [0.2, 0.25) is 0 Å². The molecule has 0 spiro atoms. The Labute approximate surface area is 169 Å². The van der Waals surface area contributed by atoms with Gasteiger partial charge in [-0.1, -0.05) is 24.3 Å². The number of benzene rings is 2. The van der Waals surface area contributed by atoms with Crippen LogP contribution in [-0.2, 0) is 0 Å². The molecule has 0 saturated carbocycles. The molecule has 0 aliphatic rings. The van der Waals surface area contributed by atoms with Gasteiger partial charge in [-0.2, -0.15) is 5.10 Å². The summed E-state index contributed by atoms with van der Waals surface area (Å²) in [5, 5.41) is 7.24. The zero-order valence-electron chi connectivity index (χ0n) is 16.8. The molecule has 7 nitrogen and oxygen atoms in total. The molecular formula is C22H24N4O3. The van der Waals surface area contributed by atoms with Gasteiger partial charge in [-0.25, -0.2) is 4.68 Å². The van der Waals surface area contributed by atoms with Gasteiger partial charge in [0.1, 0.15) is 17.1 Å². The van der Waals surface area contributed by atoms with Gasteiger partial charge >= 0.3 is 0 Å². The van der Waals surface area contributed by atoms with Crippen LogP contribution < -0.4 is 10.1 Å². The number of carbonyl (C=O) groups is 2. The number of hydrogen-bond acceptors (Lipinski definition) is 4. The molecule has 1 N–H and O–H groups in total. The van der Waals surface area contributed by atoms with Gasteiger partial charge in [-0.3, -0.25) is 9.59 Å². The van der Waals surface area contributed by atoms with Crippen LogP contribution in [0, 0.1) is 0 Å². The number of ether oxygens (including phenoxy) is 1. The van der Waals surface area contributed by atoms with E-state index in [2.05, 4.69) is 10.4 Å². The molecule has 1 heterocycles. The van der Waals surface area contributed by atoms with Crippen LogP contribution in [0.15, 0.2) is 60.8 Å². The summed E-state index contributed by atoms with van der Waals surface area (Å²) >= 11 is 0. The molecule has 2 amide bonds.